The SMILES string of the molecule is O=C(Cc1ccc(Oc2ccc(OCC=Cc3ccccc3)cc2)nc1)Nc1ccccc1C(=O)O. The Morgan fingerprint density at radius 1 is 0.861 bits per heavy atom. The summed E-state index contributed by atoms with van der Waals surface area (Å²) in [7, 11) is 0. The van der Waals surface area contributed by atoms with Crippen LogP contribution < -0.4 is 14.8 Å². The molecule has 0 saturated heterocycles. The molecule has 1 amide bonds. The minimum atomic E-state index is -1.10. The highest BCUT2D eigenvalue weighted by molar-refractivity contribution is 6.00. The summed E-state index contributed by atoms with van der Waals surface area (Å²) in [5.41, 5.74) is 2.07. The fourth-order valence-electron chi connectivity index (χ4n) is 3.35. The number of carbonyl (C=O) groups excluding carboxylic acids is 1. The summed E-state index contributed by atoms with van der Waals surface area (Å²) in [4.78, 5) is 27.9. The highest BCUT2D eigenvalue weighted by Gasteiger charge is 2.12. The van der Waals surface area contributed by atoms with E-state index in [4.69, 9.17) is 9.47 Å². The third-order valence-corrected chi connectivity index (χ3v) is 5.10. The van der Waals surface area contributed by atoms with Gasteiger partial charge in [-0.1, -0.05) is 54.6 Å². The van der Waals surface area contributed by atoms with Gasteiger partial charge in [-0.05, 0) is 53.6 Å². The first-order valence-electron chi connectivity index (χ1n) is 11.3. The van der Waals surface area contributed by atoms with Gasteiger partial charge in [0.15, 0.2) is 0 Å². The maximum Gasteiger partial charge on any atom is 0.337 e. The molecule has 0 bridgehead atoms. The van der Waals surface area contributed by atoms with Gasteiger partial charge in [0.25, 0.3) is 0 Å². The van der Waals surface area contributed by atoms with Crippen molar-refractivity contribution in [2.75, 3.05) is 11.9 Å². The lowest BCUT2D eigenvalue weighted by Gasteiger charge is -2.09. The number of amides is 1. The number of aromatic nitrogens is 1. The predicted octanol–water partition coefficient (Wildman–Crippen LogP) is 5.85. The molecule has 7 nitrogen and oxygen atoms in total. The molecule has 0 spiro atoms. The van der Waals surface area contributed by atoms with E-state index in [0.29, 0.717) is 23.8 Å². The van der Waals surface area contributed by atoms with Crippen molar-refractivity contribution in [1.82, 2.24) is 4.98 Å². The maximum absolute atomic E-state index is 12.4. The van der Waals surface area contributed by atoms with Gasteiger partial charge in [-0.3, -0.25) is 4.79 Å². The summed E-state index contributed by atoms with van der Waals surface area (Å²) < 4.78 is 11.5. The van der Waals surface area contributed by atoms with Crippen LogP contribution in [0.3, 0.4) is 0 Å². The topological polar surface area (TPSA) is 97.8 Å². The number of rotatable bonds is 10. The minimum absolute atomic E-state index is 0.0350. The highest BCUT2D eigenvalue weighted by atomic mass is 16.5. The van der Waals surface area contributed by atoms with Gasteiger partial charge in [0, 0.05) is 12.3 Å². The molecule has 4 rings (SSSR count). The molecule has 180 valence electrons. The Balaban J connectivity index is 1.26. The zero-order valence-corrected chi connectivity index (χ0v) is 19.3. The van der Waals surface area contributed by atoms with Gasteiger partial charge in [0.05, 0.1) is 17.7 Å². The number of nitrogens with one attached hydrogen (secondary N) is 1. The minimum Gasteiger partial charge on any atom is -0.490 e. The van der Waals surface area contributed by atoms with Crippen LogP contribution in [0.1, 0.15) is 21.5 Å². The Kier molecular flexibility index (Phi) is 8.07. The third kappa shape index (κ3) is 7.04. The first-order chi connectivity index (χ1) is 17.6. The third-order valence-electron chi connectivity index (χ3n) is 5.10. The van der Waals surface area contributed by atoms with Gasteiger partial charge in [0.2, 0.25) is 11.8 Å². The molecule has 1 heterocycles. The van der Waals surface area contributed by atoms with Gasteiger partial charge in [-0.2, -0.15) is 0 Å². The van der Waals surface area contributed by atoms with Crippen LogP contribution in [0.4, 0.5) is 5.69 Å². The molecule has 0 aliphatic heterocycles. The van der Waals surface area contributed by atoms with Crippen LogP contribution in [0.15, 0.2) is 103 Å². The van der Waals surface area contributed by atoms with E-state index >= 15 is 0 Å². The number of carboxylic acid groups (broad SMARTS) is 1. The van der Waals surface area contributed by atoms with Crippen molar-refractivity contribution < 1.29 is 24.2 Å². The van der Waals surface area contributed by atoms with Crippen molar-refractivity contribution in [3.05, 3.63) is 120 Å². The molecular weight excluding hydrogens is 456 g/mol. The Morgan fingerprint density at radius 2 is 1.58 bits per heavy atom. The average Bonchev–Trinajstić information content (AvgIpc) is 2.89. The average molecular weight is 481 g/mol. The molecule has 0 unspecified atom stereocenters. The van der Waals surface area contributed by atoms with Crippen LogP contribution in [-0.4, -0.2) is 28.6 Å². The van der Waals surface area contributed by atoms with Crippen LogP contribution in [0.2, 0.25) is 0 Å². The standard InChI is InChI=1S/C29H24N2O5/c32-27(31-26-11-5-4-10-25(26)29(33)34)19-22-12-17-28(30-20-22)36-24-15-13-23(14-16-24)35-18-6-9-21-7-2-1-3-8-21/h1-17,20H,18-19H2,(H,31,32)(H,33,34). The van der Waals surface area contributed by atoms with Crippen LogP contribution >= 0.6 is 0 Å². The van der Waals surface area contributed by atoms with Gasteiger partial charge in [-0.15, -0.1) is 0 Å². The Bertz CT molecular complexity index is 1330. The van der Waals surface area contributed by atoms with Crippen LogP contribution in [-0.2, 0) is 11.2 Å². The smallest absolute Gasteiger partial charge is 0.337 e. The lowest BCUT2D eigenvalue weighted by molar-refractivity contribution is -0.115. The van der Waals surface area contributed by atoms with Crippen molar-refractivity contribution in [3.8, 4) is 17.4 Å². The van der Waals surface area contributed by atoms with E-state index in [1.165, 1.54) is 6.07 Å². The van der Waals surface area contributed by atoms with E-state index in [0.717, 1.165) is 11.3 Å². The number of ether oxygens (including phenoxy) is 2. The van der Waals surface area contributed by atoms with Gasteiger partial charge < -0.3 is 19.9 Å². The summed E-state index contributed by atoms with van der Waals surface area (Å²) in [6.07, 6.45) is 5.56. The van der Waals surface area contributed by atoms with Crippen molar-refractivity contribution in [3.63, 3.8) is 0 Å². The molecule has 0 saturated carbocycles. The van der Waals surface area contributed by atoms with Gasteiger partial charge >= 0.3 is 5.97 Å². The second kappa shape index (κ2) is 12.0. The monoisotopic (exact) mass is 480 g/mol. The zero-order chi connectivity index (χ0) is 25.2. The molecule has 0 atom stereocenters. The molecule has 0 aliphatic carbocycles. The van der Waals surface area contributed by atoms with Crippen molar-refractivity contribution in [2.45, 2.75) is 6.42 Å². The van der Waals surface area contributed by atoms with E-state index in [2.05, 4.69) is 10.3 Å². The molecule has 0 fully saturated rings. The van der Waals surface area contributed by atoms with E-state index in [9.17, 15) is 14.7 Å². The Labute approximate surface area is 208 Å². The summed E-state index contributed by atoms with van der Waals surface area (Å²) in [6.45, 7) is 0.452. The van der Waals surface area contributed by atoms with Gasteiger partial charge in [-0.25, -0.2) is 9.78 Å². The van der Waals surface area contributed by atoms with Crippen molar-refractivity contribution >= 4 is 23.6 Å². The summed E-state index contributed by atoms with van der Waals surface area (Å²) in [5.74, 6) is 0.265. The number of para-hydroxylation sites is 1. The fourth-order valence-corrected chi connectivity index (χ4v) is 3.35. The lowest BCUT2D eigenvalue weighted by Crippen LogP contribution is -2.16. The van der Waals surface area contributed by atoms with E-state index in [-0.39, 0.29) is 23.6 Å². The normalized spacial score (nSPS) is 10.7. The molecule has 36 heavy (non-hydrogen) atoms. The number of pyridine rings is 1. The van der Waals surface area contributed by atoms with Crippen molar-refractivity contribution in [1.29, 1.82) is 0 Å². The Hall–Kier alpha value is -4.91. The van der Waals surface area contributed by atoms with Crippen LogP contribution in [0, 0.1) is 0 Å². The molecule has 0 radical (unpaired) electrons. The number of anilines is 1. The first-order valence-corrected chi connectivity index (χ1v) is 11.3. The summed E-state index contributed by atoms with van der Waals surface area (Å²) in [6, 6.07) is 26.9. The molecule has 2 N–H and O–H groups in total. The number of carboxylic acids is 1. The summed E-state index contributed by atoms with van der Waals surface area (Å²) >= 11 is 0. The molecule has 3 aromatic carbocycles. The largest absolute Gasteiger partial charge is 0.490 e. The van der Waals surface area contributed by atoms with Gasteiger partial charge in [0.1, 0.15) is 18.1 Å². The van der Waals surface area contributed by atoms with Crippen LogP contribution in [0.5, 0.6) is 17.4 Å². The molecule has 1 aromatic heterocycles. The summed E-state index contributed by atoms with van der Waals surface area (Å²) in [5, 5.41) is 11.9. The molecule has 4 aromatic rings. The fraction of sp³-hybridized carbons (Fsp3) is 0.0690. The van der Waals surface area contributed by atoms with E-state index < -0.39 is 5.97 Å². The predicted molar refractivity (Wildman–Crippen MR) is 137 cm³/mol. The number of aromatic carboxylic acids is 1. The Morgan fingerprint density at radius 3 is 2.31 bits per heavy atom. The molecule has 0 aliphatic rings. The number of benzene rings is 3. The molecular formula is C29H24N2O5. The number of hydrogen-bond acceptors (Lipinski definition) is 5. The second-order valence-corrected chi connectivity index (χ2v) is 7.78. The second-order valence-electron chi connectivity index (χ2n) is 7.78. The first kappa shape index (κ1) is 24.2. The van der Waals surface area contributed by atoms with Crippen LogP contribution in [0.25, 0.3) is 6.08 Å². The quantitative estimate of drug-likeness (QED) is 0.296. The van der Waals surface area contributed by atoms with E-state index in [1.807, 2.05) is 54.6 Å². The number of hydrogen-bond donors (Lipinski definition) is 2. The highest BCUT2D eigenvalue weighted by Crippen LogP contribution is 2.23. The lowest BCUT2D eigenvalue weighted by atomic mass is 10.1. The number of carbonyl (C=O) groups is 2. The number of nitrogens with zero attached hydrogens (tertiary/aromatic N) is 1. The maximum atomic E-state index is 12.4. The van der Waals surface area contributed by atoms with E-state index in [1.54, 1.807) is 48.7 Å². The zero-order valence-electron chi connectivity index (χ0n) is 19.3. The molecule has 7 heteroatoms. The van der Waals surface area contributed by atoms with Crippen molar-refractivity contribution in [2.24, 2.45) is 0 Å².